The number of nitrogens with one attached hydrogen (secondary N) is 2. The second-order valence-corrected chi connectivity index (χ2v) is 6.52. The Bertz CT molecular complexity index is 1090. The molecule has 6 nitrogen and oxygen atoms in total. The van der Waals surface area contributed by atoms with Crippen molar-refractivity contribution in [1.29, 1.82) is 0 Å². The van der Waals surface area contributed by atoms with Crippen molar-refractivity contribution in [3.8, 4) is 16.9 Å². The zero-order valence-electron chi connectivity index (χ0n) is 15.7. The van der Waals surface area contributed by atoms with E-state index in [1.54, 1.807) is 4.68 Å². The summed E-state index contributed by atoms with van der Waals surface area (Å²) in [6.45, 7) is 0.417. The Morgan fingerprint density at radius 3 is 2.10 bits per heavy atom. The number of benzene rings is 3. The van der Waals surface area contributed by atoms with Crippen LogP contribution in [0.3, 0.4) is 0 Å². The van der Waals surface area contributed by atoms with Crippen LogP contribution in [0.5, 0.6) is 0 Å². The van der Waals surface area contributed by atoms with Crippen LogP contribution >= 0.6 is 0 Å². The van der Waals surface area contributed by atoms with Crippen molar-refractivity contribution in [3.05, 3.63) is 96.6 Å². The number of rotatable bonds is 5. The Morgan fingerprint density at radius 2 is 1.45 bits per heavy atom. The van der Waals surface area contributed by atoms with Crippen LogP contribution in [0.4, 0.5) is 16.3 Å². The molecule has 0 unspecified atom stereocenters. The molecule has 3 aromatic carbocycles. The van der Waals surface area contributed by atoms with Crippen LogP contribution in [0.15, 0.2) is 91.0 Å². The average molecular weight is 383 g/mol. The van der Waals surface area contributed by atoms with Crippen LogP contribution < -0.4 is 16.4 Å². The van der Waals surface area contributed by atoms with Gasteiger partial charge in [0.1, 0.15) is 11.4 Å². The molecule has 0 saturated carbocycles. The molecule has 0 radical (unpaired) electrons. The van der Waals surface area contributed by atoms with Gasteiger partial charge in [0.2, 0.25) is 0 Å². The number of hydrogen-bond donors (Lipinski definition) is 3. The van der Waals surface area contributed by atoms with Gasteiger partial charge in [0.25, 0.3) is 0 Å². The predicted octanol–water partition coefficient (Wildman–Crippen LogP) is 4.44. The molecule has 0 bridgehead atoms. The van der Waals surface area contributed by atoms with E-state index in [0.29, 0.717) is 23.7 Å². The van der Waals surface area contributed by atoms with Crippen molar-refractivity contribution < 1.29 is 4.79 Å². The first kappa shape index (κ1) is 18.3. The molecule has 1 aromatic heterocycles. The van der Waals surface area contributed by atoms with Gasteiger partial charge in [0, 0.05) is 12.1 Å². The monoisotopic (exact) mass is 383 g/mol. The van der Waals surface area contributed by atoms with Crippen LogP contribution in [-0.2, 0) is 6.54 Å². The minimum Gasteiger partial charge on any atom is -0.382 e. The second-order valence-electron chi connectivity index (χ2n) is 6.52. The molecule has 144 valence electrons. The molecule has 0 fully saturated rings. The van der Waals surface area contributed by atoms with Gasteiger partial charge < -0.3 is 16.4 Å². The molecule has 29 heavy (non-hydrogen) atoms. The minimum atomic E-state index is -0.342. The maximum absolute atomic E-state index is 12.6. The third kappa shape index (κ3) is 4.11. The van der Waals surface area contributed by atoms with Crippen molar-refractivity contribution >= 4 is 17.5 Å². The Hall–Kier alpha value is -4.06. The topological polar surface area (TPSA) is 85.0 Å². The van der Waals surface area contributed by atoms with E-state index in [0.717, 1.165) is 16.8 Å². The SMILES string of the molecule is Nc1c(NC(=O)NCc2ccccc2)c(-c2ccccc2)nn1-c1ccccc1. The van der Waals surface area contributed by atoms with Gasteiger partial charge >= 0.3 is 6.03 Å². The predicted molar refractivity (Wildman–Crippen MR) is 116 cm³/mol. The zero-order chi connectivity index (χ0) is 20.1. The first-order valence-electron chi connectivity index (χ1n) is 9.30. The zero-order valence-corrected chi connectivity index (χ0v) is 15.7. The standard InChI is InChI=1S/C23H21N5O/c24-22-21(26-23(29)25-16-17-10-4-1-5-11-17)20(18-12-6-2-7-13-18)27-28(22)19-14-8-3-9-15-19/h1-15H,16,24H2,(H2,25,26,29). The fourth-order valence-corrected chi connectivity index (χ4v) is 3.05. The highest BCUT2D eigenvalue weighted by molar-refractivity contribution is 5.97. The van der Waals surface area contributed by atoms with Gasteiger partial charge in [-0.25, -0.2) is 9.48 Å². The van der Waals surface area contributed by atoms with Crippen molar-refractivity contribution in [2.75, 3.05) is 11.1 Å². The van der Waals surface area contributed by atoms with Gasteiger partial charge in [-0.15, -0.1) is 0 Å². The largest absolute Gasteiger partial charge is 0.382 e. The van der Waals surface area contributed by atoms with Crippen LogP contribution in [0.1, 0.15) is 5.56 Å². The van der Waals surface area contributed by atoms with Crippen LogP contribution in [0, 0.1) is 0 Å². The lowest BCUT2D eigenvalue weighted by Gasteiger charge is -2.09. The molecule has 1 heterocycles. The van der Waals surface area contributed by atoms with Gasteiger partial charge in [0.05, 0.1) is 5.69 Å². The molecule has 4 rings (SSSR count). The number of para-hydroxylation sites is 1. The molecule has 2 amide bonds. The van der Waals surface area contributed by atoms with E-state index < -0.39 is 0 Å². The fraction of sp³-hybridized carbons (Fsp3) is 0.0435. The molecule has 6 heteroatoms. The third-order valence-electron chi connectivity index (χ3n) is 4.50. The lowest BCUT2D eigenvalue weighted by molar-refractivity contribution is 0.252. The van der Waals surface area contributed by atoms with Crippen LogP contribution in [0.2, 0.25) is 0 Å². The number of nitrogen functional groups attached to an aromatic ring is 1. The van der Waals surface area contributed by atoms with E-state index in [-0.39, 0.29) is 6.03 Å². The summed E-state index contributed by atoms with van der Waals surface area (Å²) in [5.41, 5.74) is 10.2. The van der Waals surface area contributed by atoms with Gasteiger partial charge in [0.15, 0.2) is 5.82 Å². The lowest BCUT2D eigenvalue weighted by atomic mass is 10.1. The van der Waals surface area contributed by atoms with E-state index in [2.05, 4.69) is 15.7 Å². The number of nitrogens with zero attached hydrogens (tertiary/aromatic N) is 2. The van der Waals surface area contributed by atoms with Crippen LogP contribution in [-0.4, -0.2) is 15.8 Å². The average Bonchev–Trinajstić information content (AvgIpc) is 3.10. The highest BCUT2D eigenvalue weighted by atomic mass is 16.2. The summed E-state index contributed by atoms with van der Waals surface area (Å²) < 4.78 is 1.63. The maximum atomic E-state index is 12.6. The smallest absolute Gasteiger partial charge is 0.319 e. The summed E-state index contributed by atoms with van der Waals surface area (Å²) >= 11 is 0. The molecule has 0 spiro atoms. The molecule has 0 aliphatic rings. The second kappa shape index (κ2) is 8.31. The van der Waals surface area contributed by atoms with Crippen LogP contribution in [0.25, 0.3) is 16.9 Å². The number of urea groups is 1. The lowest BCUT2D eigenvalue weighted by Crippen LogP contribution is -2.28. The van der Waals surface area contributed by atoms with E-state index in [1.165, 1.54) is 0 Å². The van der Waals surface area contributed by atoms with Crippen molar-refractivity contribution in [2.24, 2.45) is 0 Å². The Labute approximate surface area is 169 Å². The summed E-state index contributed by atoms with van der Waals surface area (Å²) in [5, 5.41) is 10.4. The molecule has 4 aromatic rings. The first-order valence-corrected chi connectivity index (χ1v) is 9.30. The van der Waals surface area contributed by atoms with Gasteiger partial charge in [-0.1, -0.05) is 78.9 Å². The Kier molecular flexibility index (Phi) is 5.25. The van der Waals surface area contributed by atoms with E-state index >= 15 is 0 Å². The third-order valence-corrected chi connectivity index (χ3v) is 4.50. The quantitative estimate of drug-likeness (QED) is 0.476. The molecular formula is C23H21N5O. The van der Waals surface area contributed by atoms with Gasteiger partial charge in [-0.05, 0) is 17.7 Å². The number of aromatic nitrogens is 2. The summed E-state index contributed by atoms with van der Waals surface area (Å²) in [6.07, 6.45) is 0. The summed E-state index contributed by atoms with van der Waals surface area (Å²) in [5.74, 6) is 0.366. The number of anilines is 2. The number of amides is 2. The highest BCUT2D eigenvalue weighted by Crippen LogP contribution is 2.33. The van der Waals surface area contributed by atoms with Gasteiger partial charge in [-0.3, -0.25) is 0 Å². The molecule has 4 N–H and O–H groups in total. The van der Waals surface area contributed by atoms with E-state index in [4.69, 9.17) is 5.73 Å². The number of carbonyl (C=O) groups excluding carboxylic acids is 1. The summed E-state index contributed by atoms with van der Waals surface area (Å²) in [7, 11) is 0. The maximum Gasteiger partial charge on any atom is 0.319 e. The Morgan fingerprint density at radius 1 is 0.862 bits per heavy atom. The highest BCUT2D eigenvalue weighted by Gasteiger charge is 2.20. The molecule has 0 atom stereocenters. The van der Waals surface area contributed by atoms with Crippen molar-refractivity contribution in [1.82, 2.24) is 15.1 Å². The van der Waals surface area contributed by atoms with Crippen molar-refractivity contribution in [2.45, 2.75) is 6.54 Å². The number of carbonyl (C=O) groups is 1. The fourth-order valence-electron chi connectivity index (χ4n) is 3.05. The van der Waals surface area contributed by atoms with Crippen molar-refractivity contribution in [3.63, 3.8) is 0 Å². The first-order chi connectivity index (χ1) is 14.2. The van der Waals surface area contributed by atoms with E-state index in [1.807, 2.05) is 91.0 Å². The Balaban J connectivity index is 1.64. The number of nitrogens with two attached hydrogens (primary N) is 1. The molecular weight excluding hydrogens is 362 g/mol. The van der Waals surface area contributed by atoms with Gasteiger partial charge in [-0.2, -0.15) is 5.10 Å². The summed E-state index contributed by atoms with van der Waals surface area (Å²) in [6, 6.07) is 28.6. The molecule has 0 aliphatic carbocycles. The molecule has 0 saturated heterocycles. The molecule has 0 aliphatic heterocycles. The van der Waals surface area contributed by atoms with E-state index in [9.17, 15) is 4.79 Å². The number of hydrogen-bond acceptors (Lipinski definition) is 3. The summed E-state index contributed by atoms with van der Waals surface area (Å²) in [4.78, 5) is 12.6. The minimum absolute atomic E-state index is 0.342. The normalized spacial score (nSPS) is 10.5.